The second kappa shape index (κ2) is 4.26. The van der Waals surface area contributed by atoms with E-state index in [0.29, 0.717) is 10.9 Å². The van der Waals surface area contributed by atoms with Gasteiger partial charge >= 0.3 is 0 Å². The molecule has 0 aromatic heterocycles. The molecule has 0 aliphatic heterocycles. The van der Waals surface area contributed by atoms with Crippen LogP contribution < -0.4 is 0 Å². The predicted molar refractivity (Wildman–Crippen MR) is 59.9 cm³/mol. The first kappa shape index (κ1) is 12.1. The Morgan fingerprint density at radius 1 is 1.53 bits per heavy atom. The Labute approximate surface area is 95.6 Å². The Kier molecular flexibility index (Phi) is 3.44. The van der Waals surface area contributed by atoms with Crippen LogP contribution >= 0.6 is 15.9 Å². The summed E-state index contributed by atoms with van der Waals surface area (Å²) in [4.78, 5) is 10.0. The normalized spacial score (nSPS) is 11.5. The van der Waals surface area contributed by atoms with Crippen molar-refractivity contribution < 1.29 is 9.31 Å². The van der Waals surface area contributed by atoms with Gasteiger partial charge in [-0.2, -0.15) is 0 Å². The molecule has 0 fully saturated rings. The number of rotatable bonds is 3. The quantitative estimate of drug-likeness (QED) is 0.482. The molecule has 0 aliphatic rings. The van der Waals surface area contributed by atoms with Crippen LogP contribution in [0.2, 0.25) is 0 Å². The SMILES string of the molecule is CC(C)(CBr)c1cc([N+](=O)[O-])ccc1F. The lowest BCUT2D eigenvalue weighted by atomic mass is 9.86. The highest BCUT2D eigenvalue weighted by atomic mass is 79.9. The zero-order chi connectivity index (χ0) is 11.6. The van der Waals surface area contributed by atoms with Crippen LogP contribution in [-0.2, 0) is 5.41 Å². The fourth-order valence-corrected chi connectivity index (χ4v) is 1.52. The maximum absolute atomic E-state index is 13.5. The predicted octanol–water partition coefficient (Wildman–Crippen LogP) is 3.41. The van der Waals surface area contributed by atoms with E-state index in [1.54, 1.807) is 0 Å². The van der Waals surface area contributed by atoms with Crippen molar-refractivity contribution in [1.29, 1.82) is 0 Å². The summed E-state index contributed by atoms with van der Waals surface area (Å²) in [5.41, 5.74) is -0.190. The molecule has 5 heteroatoms. The Morgan fingerprint density at radius 2 is 2.13 bits per heavy atom. The Hall–Kier alpha value is -0.970. The van der Waals surface area contributed by atoms with Gasteiger partial charge in [-0.25, -0.2) is 4.39 Å². The molecule has 0 N–H and O–H groups in total. The monoisotopic (exact) mass is 275 g/mol. The van der Waals surface area contributed by atoms with Gasteiger partial charge in [0.15, 0.2) is 0 Å². The molecule has 0 radical (unpaired) electrons. The summed E-state index contributed by atoms with van der Waals surface area (Å²) in [5.74, 6) is -0.412. The number of non-ortho nitro benzene ring substituents is 1. The van der Waals surface area contributed by atoms with Crippen molar-refractivity contribution in [2.75, 3.05) is 5.33 Å². The molecule has 0 bridgehead atoms. The summed E-state index contributed by atoms with van der Waals surface area (Å²) in [6.07, 6.45) is 0. The highest BCUT2D eigenvalue weighted by molar-refractivity contribution is 9.09. The topological polar surface area (TPSA) is 43.1 Å². The van der Waals surface area contributed by atoms with Crippen LogP contribution in [0.3, 0.4) is 0 Å². The minimum Gasteiger partial charge on any atom is -0.258 e. The third-order valence-electron chi connectivity index (χ3n) is 2.22. The Morgan fingerprint density at radius 3 is 2.60 bits per heavy atom. The molecule has 82 valence electrons. The van der Waals surface area contributed by atoms with Crippen molar-refractivity contribution in [2.24, 2.45) is 0 Å². The van der Waals surface area contributed by atoms with E-state index in [-0.39, 0.29) is 5.69 Å². The summed E-state index contributed by atoms with van der Waals surface area (Å²) in [7, 11) is 0. The molecule has 1 aromatic rings. The van der Waals surface area contributed by atoms with Gasteiger partial charge in [-0.15, -0.1) is 0 Å². The van der Waals surface area contributed by atoms with Gasteiger partial charge < -0.3 is 0 Å². The first-order chi connectivity index (χ1) is 6.88. The van der Waals surface area contributed by atoms with Crippen LogP contribution in [0.5, 0.6) is 0 Å². The lowest BCUT2D eigenvalue weighted by molar-refractivity contribution is -0.385. The third kappa shape index (κ3) is 2.53. The van der Waals surface area contributed by atoms with E-state index < -0.39 is 16.2 Å². The van der Waals surface area contributed by atoms with Gasteiger partial charge in [0.25, 0.3) is 5.69 Å². The summed E-state index contributed by atoms with van der Waals surface area (Å²) in [6, 6.07) is 3.59. The van der Waals surface area contributed by atoms with Crippen LogP contribution in [0.15, 0.2) is 18.2 Å². The van der Waals surface area contributed by atoms with Crippen molar-refractivity contribution in [2.45, 2.75) is 19.3 Å². The maximum atomic E-state index is 13.5. The van der Waals surface area contributed by atoms with Crippen molar-refractivity contribution in [3.63, 3.8) is 0 Å². The molecular formula is C10H11BrFNO2. The van der Waals surface area contributed by atoms with E-state index in [2.05, 4.69) is 15.9 Å². The number of hydrogen-bond donors (Lipinski definition) is 0. The minimum atomic E-state index is -0.521. The molecule has 0 spiro atoms. The van der Waals surface area contributed by atoms with Crippen molar-refractivity contribution in [3.8, 4) is 0 Å². The van der Waals surface area contributed by atoms with Crippen LogP contribution in [0, 0.1) is 15.9 Å². The van der Waals surface area contributed by atoms with E-state index in [0.717, 1.165) is 6.07 Å². The maximum Gasteiger partial charge on any atom is 0.269 e. The fraction of sp³-hybridized carbons (Fsp3) is 0.400. The third-order valence-corrected chi connectivity index (χ3v) is 3.63. The number of hydrogen-bond acceptors (Lipinski definition) is 2. The minimum absolute atomic E-state index is 0.0829. The van der Waals surface area contributed by atoms with Gasteiger partial charge in [-0.3, -0.25) is 10.1 Å². The number of nitro benzene ring substituents is 1. The Bertz CT molecular complexity index is 393. The number of alkyl halides is 1. The summed E-state index contributed by atoms with van der Waals surface area (Å²) >= 11 is 3.27. The Balaban J connectivity index is 3.28. The molecule has 0 amide bonds. The molecule has 1 aromatic carbocycles. The summed E-state index contributed by atoms with van der Waals surface area (Å²) in [6.45, 7) is 3.65. The average molecular weight is 276 g/mol. The molecule has 1 rings (SSSR count). The lowest BCUT2D eigenvalue weighted by Crippen LogP contribution is -2.20. The average Bonchev–Trinajstić information content (AvgIpc) is 2.17. The summed E-state index contributed by atoms with van der Waals surface area (Å²) in [5, 5.41) is 11.1. The molecule has 0 heterocycles. The van der Waals surface area contributed by atoms with Crippen molar-refractivity contribution >= 4 is 21.6 Å². The number of nitrogens with zero attached hydrogens (tertiary/aromatic N) is 1. The molecule has 0 saturated heterocycles. The number of halogens is 2. The number of nitro groups is 1. The van der Waals surface area contributed by atoms with Gasteiger partial charge in [0.2, 0.25) is 0 Å². The first-order valence-corrected chi connectivity index (χ1v) is 5.51. The van der Waals surface area contributed by atoms with Gasteiger partial charge in [-0.05, 0) is 6.07 Å². The first-order valence-electron chi connectivity index (χ1n) is 4.39. The van der Waals surface area contributed by atoms with Gasteiger partial charge in [0, 0.05) is 28.4 Å². The van der Waals surface area contributed by atoms with Crippen LogP contribution in [-0.4, -0.2) is 10.3 Å². The van der Waals surface area contributed by atoms with Gasteiger partial charge in [0.1, 0.15) is 5.82 Å². The largest absolute Gasteiger partial charge is 0.269 e. The van der Waals surface area contributed by atoms with E-state index >= 15 is 0 Å². The molecule has 15 heavy (non-hydrogen) atoms. The van der Waals surface area contributed by atoms with E-state index in [1.807, 2.05) is 13.8 Å². The van der Waals surface area contributed by atoms with Crippen LogP contribution in [0.4, 0.5) is 10.1 Å². The van der Waals surface area contributed by atoms with Crippen molar-refractivity contribution in [3.05, 3.63) is 39.7 Å². The standard InChI is InChI=1S/C10H11BrFNO2/c1-10(2,6-11)8-5-7(13(14)15)3-4-9(8)12/h3-5H,6H2,1-2H3. The second-order valence-electron chi connectivity index (χ2n) is 3.94. The zero-order valence-electron chi connectivity index (χ0n) is 8.46. The smallest absolute Gasteiger partial charge is 0.258 e. The van der Waals surface area contributed by atoms with Gasteiger partial charge in [-0.1, -0.05) is 29.8 Å². The molecule has 0 aliphatic carbocycles. The molecule has 0 atom stereocenters. The van der Waals surface area contributed by atoms with E-state index in [9.17, 15) is 14.5 Å². The van der Waals surface area contributed by atoms with E-state index in [1.165, 1.54) is 12.1 Å². The number of benzene rings is 1. The van der Waals surface area contributed by atoms with E-state index in [4.69, 9.17) is 0 Å². The van der Waals surface area contributed by atoms with Crippen LogP contribution in [0.25, 0.3) is 0 Å². The molecular weight excluding hydrogens is 265 g/mol. The second-order valence-corrected chi connectivity index (χ2v) is 4.50. The zero-order valence-corrected chi connectivity index (χ0v) is 10.0. The highest BCUT2D eigenvalue weighted by Gasteiger charge is 2.25. The fourth-order valence-electron chi connectivity index (χ4n) is 1.22. The van der Waals surface area contributed by atoms with Gasteiger partial charge in [0.05, 0.1) is 4.92 Å². The summed E-state index contributed by atoms with van der Waals surface area (Å²) < 4.78 is 13.5. The van der Waals surface area contributed by atoms with Crippen molar-refractivity contribution in [1.82, 2.24) is 0 Å². The van der Waals surface area contributed by atoms with Crippen LogP contribution in [0.1, 0.15) is 19.4 Å². The molecule has 0 unspecified atom stereocenters. The molecule has 0 saturated carbocycles. The molecule has 3 nitrogen and oxygen atoms in total. The highest BCUT2D eigenvalue weighted by Crippen LogP contribution is 2.30. The lowest BCUT2D eigenvalue weighted by Gasteiger charge is -2.22.